The van der Waals surface area contributed by atoms with Gasteiger partial charge in [-0.3, -0.25) is 0 Å². The summed E-state index contributed by atoms with van der Waals surface area (Å²) in [7, 11) is 1.88. The molecule has 2 rings (SSSR count). The molecule has 1 N–H and O–H groups in total. The molecule has 0 aliphatic heterocycles. The van der Waals surface area contributed by atoms with Gasteiger partial charge in [-0.2, -0.15) is 0 Å². The topological polar surface area (TPSA) is 34.1 Å². The van der Waals surface area contributed by atoms with E-state index in [1.165, 1.54) is 0 Å². The second-order valence-electron chi connectivity index (χ2n) is 3.46. The Morgan fingerprint density at radius 2 is 2.35 bits per heavy atom. The Morgan fingerprint density at radius 1 is 1.47 bits per heavy atom. The molecule has 5 heteroatoms. The van der Waals surface area contributed by atoms with Gasteiger partial charge in [-0.15, -0.1) is 11.3 Å². The second kappa shape index (κ2) is 6.00. The van der Waals surface area contributed by atoms with Gasteiger partial charge in [0.25, 0.3) is 0 Å². The Kier molecular flexibility index (Phi) is 4.36. The fraction of sp³-hybridized carbons (Fsp3) is 0.250. The molecule has 3 nitrogen and oxygen atoms in total. The van der Waals surface area contributed by atoms with Crippen LogP contribution in [0.5, 0.6) is 5.75 Å². The molecule has 0 radical (unpaired) electrons. The average Bonchev–Trinajstić information content (AvgIpc) is 2.83. The van der Waals surface area contributed by atoms with Crippen molar-refractivity contribution in [1.29, 1.82) is 0 Å². The first-order valence-corrected chi connectivity index (χ1v) is 6.50. The van der Waals surface area contributed by atoms with Crippen molar-refractivity contribution in [3.8, 4) is 5.75 Å². The summed E-state index contributed by atoms with van der Waals surface area (Å²) in [4.78, 5) is 4.17. The van der Waals surface area contributed by atoms with Gasteiger partial charge in [0.2, 0.25) is 0 Å². The zero-order valence-electron chi connectivity index (χ0n) is 9.44. The monoisotopic (exact) mass is 268 g/mol. The van der Waals surface area contributed by atoms with Crippen LogP contribution in [-0.2, 0) is 13.2 Å². The van der Waals surface area contributed by atoms with Gasteiger partial charge in [0.15, 0.2) is 0 Å². The summed E-state index contributed by atoms with van der Waals surface area (Å²) in [5.41, 5.74) is 0.980. The van der Waals surface area contributed by atoms with E-state index in [4.69, 9.17) is 16.3 Å². The minimum Gasteiger partial charge on any atom is -0.486 e. The standard InChI is InChI=1S/C12H13ClN2OS/c1-14-7-9-10(13)3-2-4-11(9)16-8-12-15-5-6-17-12/h2-6,14H,7-8H2,1H3. The number of hydrogen-bond donors (Lipinski definition) is 1. The quantitative estimate of drug-likeness (QED) is 0.905. The van der Waals surface area contributed by atoms with Crippen molar-refractivity contribution in [2.24, 2.45) is 0 Å². The number of ether oxygens (including phenoxy) is 1. The molecule has 90 valence electrons. The Labute approximate surface area is 109 Å². The van der Waals surface area contributed by atoms with Gasteiger partial charge in [-0.1, -0.05) is 17.7 Å². The number of hydrogen-bond acceptors (Lipinski definition) is 4. The summed E-state index contributed by atoms with van der Waals surface area (Å²) in [6.45, 7) is 1.17. The predicted octanol–water partition coefficient (Wildman–Crippen LogP) is 3.09. The van der Waals surface area contributed by atoms with E-state index in [1.807, 2.05) is 30.6 Å². The maximum Gasteiger partial charge on any atom is 0.140 e. The fourth-order valence-corrected chi connectivity index (χ4v) is 2.25. The summed E-state index contributed by atoms with van der Waals surface area (Å²) >= 11 is 7.72. The van der Waals surface area contributed by atoms with Crippen LogP contribution < -0.4 is 10.1 Å². The van der Waals surface area contributed by atoms with Crippen LogP contribution in [0.25, 0.3) is 0 Å². The van der Waals surface area contributed by atoms with Crippen molar-refractivity contribution in [1.82, 2.24) is 10.3 Å². The second-order valence-corrected chi connectivity index (χ2v) is 4.85. The molecule has 17 heavy (non-hydrogen) atoms. The van der Waals surface area contributed by atoms with E-state index in [9.17, 15) is 0 Å². The summed E-state index contributed by atoms with van der Waals surface area (Å²) in [5.74, 6) is 0.807. The highest BCUT2D eigenvalue weighted by atomic mass is 35.5. The molecule has 0 aliphatic carbocycles. The number of benzene rings is 1. The van der Waals surface area contributed by atoms with E-state index in [-0.39, 0.29) is 0 Å². The van der Waals surface area contributed by atoms with E-state index in [0.29, 0.717) is 13.2 Å². The van der Waals surface area contributed by atoms with Crippen molar-refractivity contribution >= 4 is 22.9 Å². The molecule has 2 aromatic rings. The number of halogens is 1. The van der Waals surface area contributed by atoms with Crippen LogP contribution in [0, 0.1) is 0 Å². The highest BCUT2D eigenvalue weighted by Crippen LogP contribution is 2.27. The van der Waals surface area contributed by atoms with E-state index in [2.05, 4.69) is 10.3 Å². The first kappa shape index (κ1) is 12.4. The van der Waals surface area contributed by atoms with E-state index in [0.717, 1.165) is 21.3 Å². The van der Waals surface area contributed by atoms with Crippen LogP contribution in [0.1, 0.15) is 10.6 Å². The largest absolute Gasteiger partial charge is 0.486 e. The zero-order chi connectivity index (χ0) is 12.1. The summed E-state index contributed by atoms with van der Waals surface area (Å²) < 4.78 is 5.74. The van der Waals surface area contributed by atoms with Crippen molar-refractivity contribution < 1.29 is 4.74 Å². The zero-order valence-corrected chi connectivity index (χ0v) is 11.0. The lowest BCUT2D eigenvalue weighted by Gasteiger charge is -2.11. The molecule has 0 fully saturated rings. The van der Waals surface area contributed by atoms with Gasteiger partial charge in [0.05, 0.1) is 0 Å². The van der Waals surface area contributed by atoms with Crippen molar-refractivity contribution in [2.45, 2.75) is 13.2 Å². The first-order chi connectivity index (χ1) is 8.31. The molecule has 0 atom stereocenters. The Morgan fingerprint density at radius 3 is 3.06 bits per heavy atom. The van der Waals surface area contributed by atoms with E-state index >= 15 is 0 Å². The van der Waals surface area contributed by atoms with Gasteiger partial charge in [-0.05, 0) is 19.2 Å². The van der Waals surface area contributed by atoms with E-state index in [1.54, 1.807) is 17.5 Å². The SMILES string of the molecule is CNCc1c(Cl)cccc1OCc1nccs1. The first-order valence-electron chi connectivity index (χ1n) is 5.24. The van der Waals surface area contributed by atoms with Crippen LogP contribution in [0.2, 0.25) is 5.02 Å². The van der Waals surface area contributed by atoms with Crippen LogP contribution in [0.4, 0.5) is 0 Å². The van der Waals surface area contributed by atoms with Crippen molar-refractivity contribution in [3.05, 3.63) is 45.4 Å². The Bertz CT molecular complexity index is 473. The van der Waals surface area contributed by atoms with Crippen LogP contribution >= 0.6 is 22.9 Å². The van der Waals surface area contributed by atoms with Crippen LogP contribution in [0.15, 0.2) is 29.8 Å². The number of thiazole rings is 1. The van der Waals surface area contributed by atoms with Gasteiger partial charge in [-0.25, -0.2) is 4.98 Å². The average molecular weight is 269 g/mol. The molecular weight excluding hydrogens is 256 g/mol. The van der Waals surface area contributed by atoms with Gasteiger partial charge >= 0.3 is 0 Å². The highest BCUT2D eigenvalue weighted by Gasteiger charge is 2.08. The maximum absolute atomic E-state index is 6.14. The summed E-state index contributed by atoms with van der Waals surface area (Å²) in [6, 6.07) is 5.68. The van der Waals surface area contributed by atoms with Crippen LogP contribution in [0.3, 0.4) is 0 Å². The molecule has 0 saturated heterocycles. The lowest BCUT2D eigenvalue weighted by atomic mass is 10.2. The third kappa shape index (κ3) is 3.19. The number of aromatic nitrogens is 1. The van der Waals surface area contributed by atoms with E-state index < -0.39 is 0 Å². The summed E-state index contributed by atoms with van der Waals surface area (Å²) in [5, 5.41) is 6.69. The molecule has 0 unspecified atom stereocenters. The lowest BCUT2D eigenvalue weighted by Crippen LogP contribution is -2.08. The van der Waals surface area contributed by atoms with Gasteiger partial charge in [0.1, 0.15) is 17.4 Å². The van der Waals surface area contributed by atoms with Crippen LogP contribution in [-0.4, -0.2) is 12.0 Å². The predicted molar refractivity (Wildman–Crippen MR) is 70.7 cm³/mol. The lowest BCUT2D eigenvalue weighted by molar-refractivity contribution is 0.302. The number of nitrogens with one attached hydrogen (secondary N) is 1. The molecule has 1 aromatic carbocycles. The Hall–Kier alpha value is -1.10. The normalized spacial score (nSPS) is 10.5. The number of rotatable bonds is 5. The summed E-state index contributed by atoms with van der Waals surface area (Å²) in [6.07, 6.45) is 1.77. The van der Waals surface area contributed by atoms with Gasteiger partial charge < -0.3 is 10.1 Å². The van der Waals surface area contributed by atoms with Gasteiger partial charge in [0, 0.05) is 28.7 Å². The Balaban J connectivity index is 2.11. The molecule has 0 aliphatic rings. The smallest absolute Gasteiger partial charge is 0.140 e. The minimum atomic E-state index is 0.481. The molecule has 0 saturated carbocycles. The highest BCUT2D eigenvalue weighted by molar-refractivity contribution is 7.09. The third-order valence-electron chi connectivity index (χ3n) is 2.26. The molecule has 0 amide bonds. The third-order valence-corrected chi connectivity index (χ3v) is 3.37. The molecule has 0 bridgehead atoms. The minimum absolute atomic E-state index is 0.481. The maximum atomic E-state index is 6.14. The van der Waals surface area contributed by atoms with Crippen molar-refractivity contribution in [3.63, 3.8) is 0 Å². The number of nitrogens with zero attached hydrogens (tertiary/aromatic N) is 1. The molecule has 0 spiro atoms. The molecule has 1 heterocycles. The fourth-order valence-electron chi connectivity index (χ4n) is 1.49. The molecular formula is C12H13ClN2OS. The van der Waals surface area contributed by atoms with Crippen molar-refractivity contribution in [2.75, 3.05) is 7.05 Å². The molecule has 1 aromatic heterocycles.